The van der Waals surface area contributed by atoms with Crippen molar-refractivity contribution in [3.63, 3.8) is 0 Å². The van der Waals surface area contributed by atoms with Crippen LogP contribution in [0.4, 0.5) is 4.79 Å². The van der Waals surface area contributed by atoms with Crippen LogP contribution in [0.2, 0.25) is 0 Å². The second kappa shape index (κ2) is 4.80. The van der Waals surface area contributed by atoms with Crippen LogP contribution in [0.3, 0.4) is 0 Å². The van der Waals surface area contributed by atoms with Crippen LogP contribution in [0.25, 0.3) is 10.9 Å². The van der Waals surface area contributed by atoms with Crippen molar-refractivity contribution in [2.24, 2.45) is 0 Å². The number of nitrogens with one attached hydrogen (secondary N) is 1. The van der Waals surface area contributed by atoms with Crippen molar-refractivity contribution in [2.75, 3.05) is 0 Å². The van der Waals surface area contributed by atoms with E-state index in [0.717, 1.165) is 10.9 Å². The Hall–Kier alpha value is -2.48. The Balaban J connectivity index is 2.25. The summed E-state index contributed by atoms with van der Waals surface area (Å²) in [6, 6.07) is 9.30. The van der Waals surface area contributed by atoms with E-state index in [2.05, 4.69) is 11.4 Å². The average molecular weight is 243 g/mol. The first-order chi connectivity index (χ1) is 8.60. The number of hydrogen-bond acceptors (Lipinski definition) is 2. The maximum Gasteiger partial charge on any atom is 0.404 e. The molecule has 2 rings (SSSR count). The third-order valence-corrected chi connectivity index (χ3v) is 2.74. The standard InChI is InChI=1S/C13H13N3O2/c1-9(15-13(17)18)8-16-5-4-11-6-10(7-14)2-3-12(11)16/h2-6,9,15H,8H2,1H3,(H,17,18)/t9-/m0/s1. The van der Waals surface area contributed by atoms with Crippen molar-refractivity contribution in [2.45, 2.75) is 19.5 Å². The number of nitriles is 1. The zero-order chi connectivity index (χ0) is 13.1. The molecule has 1 aromatic heterocycles. The van der Waals surface area contributed by atoms with E-state index in [1.165, 1.54) is 0 Å². The number of hydrogen-bond donors (Lipinski definition) is 2. The van der Waals surface area contributed by atoms with Crippen LogP contribution < -0.4 is 5.32 Å². The zero-order valence-electron chi connectivity index (χ0n) is 9.92. The SMILES string of the molecule is C[C@@H](Cn1ccc2cc(C#N)ccc21)NC(=O)O. The number of nitrogens with zero attached hydrogens (tertiary/aromatic N) is 2. The lowest BCUT2D eigenvalue weighted by Gasteiger charge is -2.13. The van der Waals surface area contributed by atoms with Gasteiger partial charge in [0.25, 0.3) is 0 Å². The maximum absolute atomic E-state index is 10.5. The van der Waals surface area contributed by atoms with Gasteiger partial charge >= 0.3 is 6.09 Å². The number of carboxylic acid groups (broad SMARTS) is 1. The molecule has 0 aliphatic rings. The van der Waals surface area contributed by atoms with E-state index in [9.17, 15) is 4.79 Å². The van der Waals surface area contributed by atoms with Gasteiger partial charge in [-0.1, -0.05) is 0 Å². The maximum atomic E-state index is 10.5. The van der Waals surface area contributed by atoms with Crippen LogP contribution in [0.1, 0.15) is 12.5 Å². The number of benzene rings is 1. The Labute approximate surface area is 104 Å². The predicted octanol–water partition coefficient (Wildman–Crippen LogP) is 2.17. The summed E-state index contributed by atoms with van der Waals surface area (Å²) >= 11 is 0. The molecule has 1 aromatic carbocycles. The van der Waals surface area contributed by atoms with Crippen molar-refractivity contribution >= 4 is 17.0 Å². The fourth-order valence-corrected chi connectivity index (χ4v) is 1.98. The minimum Gasteiger partial charge on any atom is -0.465 e. The van der Waals surface area contributed by atoms with Crippen LogP contribution in [-0.4, -0.2) is 21.8 Å². The summed E-state index contributed by atoms with van der Waals surface area (Å²) in [5.74, 6) is 0. The third kappa shape index (κ3) is 2.43. The Morgan fingerprint density at radius 3 is 3.00 bits per heavy atom. The van der Waals surface area contributed by atoms with E-state index in [0.29, 0.717) is 12.1 Å². The summed E-state index contributed by atoms with van der Waals surface area (Å²) in [5, 5.41) is 20.8. The zero-order valence-corrected chi connectivity index (χ0v) is 9.92. The Morgan fingerprint density at radius 2 is 2.33 bits per heavy atom. The second-order valence-electron chi connectivity index (χ2n) is 4.20. The second-order valence-corrected chi connectivity index (χ2v) is 4.20. The van der Waals surface area contributed by atoms with Gasteiger partial charge in [-0.05, 0) is 31.2 Å². The molecule has 2 N–H and O–H groups in total. The molecule has 1 heterocycles. The molecule has 0 unspecified atom stereocenters. The lowest BCUT2D eigenvalue weighted by atomic mass is 10.2. The molecule has 0 aliphatic heterocycles. The molecular formula is C13H13N3O2. The molecule has 1 atom stereocenters. The van der Waals surface area contributed by atoms with Gasteiger partial charge in [0.2, 0.25) is 0 Å². The Morgan fingerprint density at radius 1 is 1.56 bits per heavy atom. The van der Waals surface area contributed by atoms with Gasteiger partial charge in [0.05, 0.1) is 11.6 Å². The van der Waals surface area contributed by atoms with Gasteiger partial charge in [0.1, 0.15) is 0 Å². The fraction of sp³-hybridized carbons (Fsp3) is 0.231. The van der Waals surface area contributed by atoms with Crippen molar-refractivity contribution in [3.05, 3.63) is 36.0 Å². The third-order valence-electron chi connectivity index (χ3n) is 2.74. The molecule has 0 fully saturated rings. The van der Waals surface area contributed by atoms with Crippen LogP contribution in [0.15, 0.2) is 30.5 Å². The first-order valence-corrected chi connectivity index (χ1v) is 5.58. The minimum absolute atomic E-state index is 0.172. The molecule has 0 saturated carbocycles. The van der Waals surface area contributed by atoms with E-state index in [1.54, 1.807) is 6.07 Å². The molecule has 0 saturated heterocycles. The van der Waals surface area contributed by atoms with Crippen LogP contribution in [0.5, 0.6) is 0 Å². The monoisotopic (exact) mass is 243 g/mol. The predicted molar refractivity (Wildman–Crippen MR) is 67.3 cm³/mol. The molecule has 0 bridgehead atoms. The van der Waals surface area contributed by atoms with E-state index < -0.39 is 6.09 Å². The number of carbonyl (C=O) groups is 1. The van der Waals surface area contributed by atoms with Crippen molar-refractivity contribution in [1.29, 1.82) is 5.26 Å². The van der Waals surface area contributed by atoms with Crippen molar-refractivity contribution in [3.8, 4) is 6.07 Å². The summed E-state index contributed by atoms with van der Waals surface area (Å²) in [7, 11) is 0. The molecular weight excluding hydrogens is 230 g/mol. The van der Waals surface area contributed by atoms with E-state index in [1.807, 2.05) is 35.9 Å². The van der Waals surface area contributed by atoms with Gasteiger partial charge < -0.3 is 15.0 Å². The summed E-state index contributed by atoms with van der Waals surface area (Å²) in [4.78, 5) is 10.5. The van der Waals surface area contributed by atoms with Crippen LogP contribution in [0, 0.1) is 11.3 Å². The summed E-state index contributed by atoms with van der Waals surface area (Å²) in [6.45, 7) is 2.37. The van der Waals surface area contributed by atoms with E-state index >= 15 is 0 Å². The molecule has 18 heavy (non-hydrogen) atoms. The van der Waals surface area contributed by atoms with Crippen molar-refractivity contribution < 1.29 is 9.90 Å². The van der Waals surface area contributed by atoms with E-state index in [4.69, 9.17) is 10.4 Å². The van der Waals surface area contributed by atoms with Gasteiger partial charge in [-0.15, -0.1) is 0 Å². The molecule has 1 amide bonds. The van der Waals surface area contributed by atoms with E-state index in [-0.39, 0.29) is 6.04 Å². The number of amides is 1. The van der Waals surface area contributed by atoms with Crippen LogP contribution in [-0.2, 0) is 6.54 Å². The van der Waals surface area contributed by atoms with Gasteiger partial charge in [0.15, 0.2) is 0 Å². The largest absolute Gasteiger partial charge is 0.465 e. The highest BCUT2D eigenvalue weighted by Crippen LogP contribution is 2.17. The lowest BCUT2D eigenvalue weighted by Crippen LogP contribution is -2.34. The minimum atomic E-state index is -1.02. The summed E-state index contributed by atoms with van der Waals surface area (Å²) in [5.41, 5.74) is 1.62. The molecule has 0 spiro atoms. The number of aromatic nitrogens is 1. The summed E-state index contributed by atoms with van der Waals surface area (Å²) < 4.78 is 1.97. The van der Waals surface area contributed by atoms with Gasteiger partial charge in [-0.3, -0.25) is 0 Å². The highest BCUT2D eigenvalue weighted by atomic mass is 16.4. The average Bonchev–Trinajstić information content (AvgIpc) is 2.70. The molecule has 5 nitrogen and oxygen atoms in total. The van der Waals surface area contributed by atoms with Crippen LogP contribution >= 0.6 is 0 Å². The first-order valence-electron chi connectivity index (χ1n) is 5.58. The number of fused-ring (bicyclic) bond motifs is 1. The molecule has 0 radical (unpaired) electrons. The van der Waals surface area contributed by atoms with Gasteiger partial charge in [-0.2, -0.15) is 5.26 Å². The summed E-state index contributed by atoms with van der Waals surface area (Å²) in [6.07, 6.45) is 0.872. The molecule has 92 valence electrons. The molecule has 2 aromatic rings. The molecule has 5 heteroatoms. The van der Waals surface area contributed by atoms with Crippen molar-refractivity contribution in [1.82, 2.24) is 9.88 Å². The Kier molecular flexibility index (Phi) is 3.20. The normalized spacial score (nSPS) is 12.0. The quantitative estimate of drug-likeness (QED) is 0.867. The highest BCUT2D eigenvalue weighted by molar-refractivity contribution is 5.81. The smallest absolute Gasteiger partial charge is 0.404 e. The highest BCUT2D eigenvalue weighted by Gasteiger charge is 2.08. The fourth-order valence-electron chi connectivity index (χ4n) is 1.98. The number of rotatable bonds is 3. The topological polar surface area (TPSA) is 78.0 Å². The Bertz CT molecular complexity index is 625. The molecule has 0 aliphatic carbocycles. The lowest BCUT2D eigenvalue weighted by molar-refractivity contribution is 0.189. The first kappa shape index (κ1) is 12.0. The van der Waals surface area contributed by atoms with Gasteiger partial charge in [0, 0.05) is 29.7 Å². The van der Waals surface area contributed by atoms with Gasteiger partial charge in [-0.25, -0.2) is 4.79 Å².